The zero-order valence-corrected chi connectivity index (χ0v) is 31.6. The Morgan fingerprint density at radius 3 is 1.20 bits per heavy atom. The molecule has 0 unspecified atom stereocenters. The van der Waals surface area contributed by atoms with E-state index in [1.807, 2.05) is 42.5 Å². The summed E-state index contributed by atoms with van der Waals surface area (Å²) in [5.41, 5.74) is 7.90. The second kappa shape index (κ2) is 12.5. The van der Waals surface area contributed by atoms with Crippen LogP contribution in [0.2, 0.25) is 5.02 Å². The van der Waals surface area contributed by atoms with Crippen LogP contribution in [0.1, 0.15) is 105 Å². The lowest BCUT2D eigenvalue weighted by Gasteiger charge is -2.27. The van der Waals surface area contributed by atoms with Crippen LogP contribution in [-0.2, 0) is 21.7 Å². The fourth-order valence-electron chi connectivity index (χ4n) is 5.52. The van der Waals surface area contributed by atoms with E-state index in [9.17, 15) is 10.2 Å². The first kappa shape index (κ1) is 35.9. The number of hydrogen-bond acceptors (Lipinski definition) is 6. The van der Waals surface area contributed by atoms with E-state index in [4.69, 9.17) is 11.6 Å². The normalized spacial score (nSPS) is 12.8. The molecule has 0 saturated carbocycles. The highest BCUT2D eigenvalue weighted by Crippen LogP contribution is 2.40. The van der Waals surface area contributed by atoms with E-state index < -0.39 is 0 Å². The molecule has 8 nitrogen and oxygen atoms in total. The lowest BCUT2D eigenvalue weighted by molar-refractivity contribution is 0.437. The Kier molecular flexibility index (Phi) is 9.13. The first-order valence-electron chi connectivity index (χ1n) is 16.7. The van der Waals surface area contributed by atoms with Crippen molar-refractivity contribution in [2.24, 2.45) is 0 Å². The molecule has 0 spiro atoms. The maximum absolute atomic E-state index is 10.9. The first-order chi connectivity index (χ1) is 22.5. The maximum atomic E-state index is 10.9. The lowest BCUT2D eigenvalue weighted by Crippen LogP contribution is -2.18. The van der Waals surface area contributed by atoms with Gasteiger partial charge in [0, 0.05) is 16.1 Å². The van der Waals surface area contributed by atoms with Crippen LogP contribution in [0.3, 0.4) is 0 Å². The van der Waals surface area contributed by atoms with Gasteiger partial charge in [-0.15, -0.1) is 30.0 Å². The molecule has 0 aliphatic rings. The van der Waals surface area contributed by atoms with Crippen molar-refractivity contribution < 1.29 is 10.2 Å². The van der Waals surface area contributed by atoms with Gasteiger partial charge >= 0.3 is 0 Å². The zero-order valence-electron chi connectivity index (χ0n) is 30.8. The summed E-state index contributed by atoms with van der Waals surface area (Å²) in [6, 6.07) is 21.2. The summed E-state index contributed by atoms with van der Waals surface area (Å²) in [4.78, 5) is 3.05. The van der Waals surface area contributed by atoms with Gasteiger partial charge in [0.15, 0.2) is 0 Å². The molecule has 4 aromatic carbocycles. The number of aromatic nitrogens is 6. The van der Waals surface area contributed by atoms with E-state index in [0.717, 1.165) is 38.8 Å². The number of rotatable bonds is 2. The third-order valence-electron chi connectivity index (χ3n) is 8.59. The van der Waals surface area contributed by atoms with Crippen LogP contribution in [0.15, 0.2) is 66.7 Å². The molecule has 0 saturated heterocycles. The van der Waals surface area contributed by atoms with Gasteiger partial charge in [0.05, 0.1) is 0 Å². The Morgan fingerprint density at radius 1 is 0.469 bits per heavy atom. The summed E-state index contributed by atoms with van der Waals surface area (Å²) in [5.74, 6) is 0.461. The van der Waals surface area contributed by atoms with Gasteiger partial charge in [-0.05, 0) is 75.3 Å². The second-order valence-corrected chi connectivity index (χ2v) is 17.3. The summed E-state index contributed by atoms with van der Waals surface area (Å²) >= 11 is 6.05. The zero-order chi connectivity index (χ0) is 36.3. The summed E-state index contributed by atoms with van der Waals surface area (Å²) in [6.45, 7) is 25.5. The molecule has 0 amide bonds. The fourth-order valence-corrected chi connectivity index (χ4v) is 5.68. The molecule has 6 rings (SSSR count). The Bertz CT molecular complexity index is 2120. The second-order valence-electron chi connectivity index (χ2n) is 16.9. The molecule has 0 fully saturated rings. The molecule has 2 N–H and O–H groups in total. The van der Waals surface area contributed by atoms with Gasteiger partial charge in [-0.1, -0.05) is 119 Å². The minimum Gasteiger partial charge on any atom is -0.505 e. The first-order valence-corrected chi connectivity index (χ1v) is 17.0. The molecule has 0 bridgehead atoms. The fraction of sp³-hybridized carbons (Fsp3) is 0.400. The van der Waals surface area contributed by atoms with Crippen LogP contribution < -0.4 is 0 Å². The van der Waals surface area contributed by atoms with Gasteiger partial charge in [-0.3, -0.25) is 0 Å². The van der Waals surface area contributed by atoms with Crippen molar-refractivity contribution in [1.82, 2.24) is 30.0 Å². The highest BCUT2D eigenvalue weighted by molar-refractivity contribution is 6.31. The molecule has 49 heavy (non-hydrogen) atoms. The highest BCUT2D eigenvalue weighted by Gasteiger charge is 2.28. The van der Waals surface area contributed by atoms with Crippen LogP contribution in [0.5, 0.6) is 11.5 Å². The number of phenolic OH excluding ortho intramolecular Hbond substituents is 2. The topological polar surface area (TPSA) is 102 Å². The quantitative estimate of drug-likeness (QED) is 0.189. The molecule has 2 aromatic heterocycles. The smallest absolute Gasteiger partial charge is 0.146 e. The Hall–Kier alpha value is -4.43. The molecular weight excluding hydrogens is 632 g/mol. The SMILES string of the molecule is CC(C)(C)c1cc(-n2nc3ccc(Cl)cc3n2)c(O)c(C(C)(C)C)c1.CC(C)(C)c1cc(-n2nc3ccccc3n2)c(O)c(C(C)(C)C)c1. The minimum atomic E-state index is -0.198. The molecule has 258 valence electrons. The Balaban J connectivity index is 0.000000191. The number of phenols is 2. The van der Waals surface area contributed by atoms with E-state index in [-0.39, 0.29) is 33.2 Å². The van der Waals surface area contributed by atoms with Crippen molar-refractivity contribution in [3.63, 3.8) is 0 Å². The standard InChI is InChI=1S/C20H24ClN3O.C20H25N3O/c1-19(2,3)12-9-14(20(4,5)6)18(25)17(10-12)24-22-15-8-7-13(21)11-16(15)23-24;1-19(2,3)13-11-14(20(4,5)6)18(24)17(12-13)23-21-15-9-7-8-10-16(15)22-23/h7-11,25H,1-6H3;7-12,24H,1-6H3. The van der Waals surface area contributed by atoms with Crippen LogP contribution in [-0.4, -0.2) is 40.2 Å². The van der Waals surface area contributed by atoms with Crippen LogP contribution in [0, 0.1) is 0 Å². The predicted octanol–water partition coefficient (Wildman–Crippen LogP) is 10.1. The van der Waals surface area contributed by atoms with Gasteiger partial charge < -0.3 is 10.2 Å². The number of nitrogens with zero attached hydrogens (tertiary/aromatic N) is 6. The molecule has 0 atom stereocenters. The minimum absolute atomic E-state index is 0.0327. The van der Waals surface area contributed by atoms with Crippen molar-refractivity contribution in [2.75, 3.05) is 0 Å². The van der Waals surface area contributed by atoms with Crippen molar-refractivity contribution in [1.29, 1.82) is 0 Å². The van der Waals surface area contributed by atoms with Crippen LogP contribution in [0.4, 0.5) is 0 Å². The predicted molar refractivity (Wildman–Crippen MR) is 201 cm³/mol. The summed E-state index contributed by atoms with van der Waals surface area (Å²) < 4.78 is 0. The maximum Gasteiger partial charge on any atom is 0.146 e. The molecule has 9 heteroatoms. The van der Waals surface area contributed by atoms with Crippen molar-refractivity contribution in [2.45, 2.75) is 105 Å². The van der Waals surface area contributed by atoms with E-state index in [1.165, 1.54) is 4.80 Å². The van der Waals surface area contributed by atoms with Crippen molar-refractivity contribution in [3.8, 4) is 22.9 Å². The van der Waals surface area contributed by atoms with Gasteiger partial charge in [0.2, 0.25) is 0 Å². The molecule has 2 heterocycles. The third kappa shape index (κ3) is 7.59. The molecule has 0 radical (unpaired) electrons. The number of halogens is 1. The van der Waals surface area contributed by atoms with Crippen LogP contribution >= 0.6 is 11.6 Å². The van der Waals surface area contributed by atoms with E-state index >= 15 is 0 Å². The van der Waals surface area contributed by atoms with Gasteiger partial charge in [0.1, 0.15) is 44.9 Å². The number of hydrogen-bond donors (Lipinski definition) is 2. The van der Waals surface area contributed by atoms with Gasteiger partial charge in [-0.2, -0.15) is 0 Å². The molecule has 0 aliphatic heterocycles. The van der Waals surface area contributed by atoms with E-state index in [2.05, 4.69) is 116 Å². The monoisotopic (exact) mass is 680 g/mol. The van der Waals surface area contributed by atoms with E-state index in [1.54, 1.807) is 16.9 Å². The number of aromatic hydroxyl groups is 2. The molecule has 0 aliphatic carbocycles. The van der Waals surface area contributed by atoms with E-state index in [0.29, 0.717) is 21.9 Å². The summed E-state index contributed by atoms with van der Waals surface area (Å²) in [5, 5.41) is 40.5. The van der Waals surface area contributed by atoms with Gasteiger partial charge in [0.25, 0.3) is 0 Å². The lowest BCUT2D eigenvalue weighted by atomic mass is 9.80. The number of fused-ring (bicyclic) bond motifs is 2. The van der Waals surface area contributed by atoms with Crippen molar-refractivity contribution >= 4 is 33.7 Å². The Morgan fingerprint density at radius 2 is 0.837 bits per heavy atom. The van der Waals surface area contributed by atoms with Crippen LogP contribution in [0.25, 0.3) is 33.4 Å². The molecule has 6 aromatic rings. The summed E-state index contributed by atoms with van der Waals surface area (Å²) in [7, 11) is 0. The molecular formula is C40H49ClN6O2. The average Bonchev–Trinajstić information content (AvgIpc) is 3.59. The highest BCUT2D eigenvalue weighted by atomic mass is 35.5. The average molecular weight is 681 g/mol. The number of benzene rings is 4. The summed E-state index contributed by atoms with van der Waals surface area (Å²) in [6.07, 6.45) is 0. The van der Waals surface area contributed by atoms with Gasteiger partial charge in [-0.25, -0.2) is 0 Å². The van der Waals surface area contributed by atoms with Crippen molar-refractivity contribution in [3.05, 3.63) is 94.0 Å². The third-order valence-corrected chi connectivity index (χ3v) is 8.82. The Labute approximate surface area is 294 Å². The largest absolute Gasteiger partial charge is 0.505 e.